The fourth-order valence-corrected chi connectivity index (χ4v) is 3.58. The van der Waals surface area contributed by atoms with E-state index in [0.717, 1.165) is 44.5 Å². The van der Waals surface area contributed by atoms with Gasteiger partial charge in [-0.2, -0.15) is 0 Å². The van der Waals surface area contributed by atoms with E-state index in [9.17, 15) is 4.79 Å². The molecule has 2 rings (SSSR count). The lowest BCUT2D eigenvalue weighted by molar-refractivity contribution is -0.131. The minimum absolute atomic E-state index is 0.197. The molecular formula is C22H38N6O. The molecule has 2 N–H and O–H groups in total. The van der Waals surface area contributed by atoms with Crippen molar-refractivity contribution in [2.45, 2.75) is 46.0 Å². The maximum Gasteiger partial charge on any atom is 0.224 e. The largest absolute Gasteiger partial charge is 0.356 e. The van der Waals surface area contributed by atoms with Gasteiger partial charge in [-0.15, -0.1) is 0 Å². The van der Waals surface area contributed by atoms with E-state index in [1.807, 2.05) is 29.3 Å². The van der Waals surface area contributed by atoms with Crippen LogP contribution in [0.2, 0.25) is 0 Å². The molecule has 0 spiro atoms. The quantitative estimate of drug-likeness (QED) is 0.465. The number of aromatic nitrogens is 1. The lowest BCUT2D eigenvalue weighted by Crippen LogP contribution is -2.49. The van der Waals surface area contributed by atoms with Gasteiger partial charge in [0.1, 0.15) is 5.82 Å². The zero-order chi connectivity index (χ0) is 20.9. The molecule has 0 aromatic carbocycles. The van der Waals surface area contributed by atoms with Crippen molar-refractivity contribution in [3.8, 4) is 0 Å². The summed E-state index contributed by atoms with van der Waals surface area (Å²) in [6.07, 6.45) is 7.23. The number of hydrogen-bond acceptors (Lipinski definition) is 4. The second-order valence-corrected chi connectivity index (χ2v) is 7.60. The number of carbonyl (C=O) groups is 1. The Labute approximate surface area is 176 Å². The summed E-state index contributed by atoms with van der Waals surface area (Å²) >= 11 is 0. The van der Waals surface area contributed by atoms with E-state index in [0.29, 0.717) is 18.9 Å². The molecule has 1 saturated heterocycles. The average molecular weight is 403 g/mol. The number of aliphatic imine (C=N–C) groups is 1. The van der Waals surface area contributed by atoms with Gasteiger partial charge in [-0.1, -0.05) is 39.2 Å². The molecule has 0 saturated carbocycles. The van der Waals surface area contributed by atoms with Crippen molar-refractivity contribution >= 4 is 17.7 Å². The van der Waals surface area contributed by atoms with Crippen LogP contribution < -0.4 is 15.5 Å². The van der Waals surface area contributed by atoms with Crippen LogP contribution in [0.25, 0.3) is 0 Å². The van der Waals surface area contributed by atoms with Gasteiger partial charge in [0.15, 0.2) is 5.96 Å². The molecule has 0 bridgehead atoms. The Morgan fingerprint density at radius 1 is 1.21 bits per heavy atom. The first-order valence-corrected chi connectivity index (χ1v) is 11.1. The minimum atomic E-state index is 0.197. The first-order chi connectivity index (χ1) is 14.2. The number of carbonyl (C=O) groups excluding carboxylic acids is 1. The summed E-state index contributed by atoms with van der Waals surface area (Å²) in [5.41, 5.74) is 0. The number of anilines is 1. The van der Waals surface area contributed by atoms with E-state index in [1.54, 1.807) is 7.05 Å². The molecular weight excluding hydrogens is 364 g/mol. The normalized spacial score (nSPS) is 15.9. The standard InChI is InChI=1S/C22H38N6O/c1-4-6-9-19(5-2)18-26-22(23-3)25-13-11-21(29)28-16-14-27(15-17-28)20-10-7-8-12-24-20/h7-8,10,12,19H,4-6,9,11,13-18H2,1-3H3,(H2,23,25,26). The predicted octanol–water partition coefficient (Wildman–Crippen LogP) is 2.50. The van der Waals surface area contributed by atoms with Crippen molar-refractivity contribution in [2.24, 2.45) is 10.9 Å². The van der Waals surface area contributed by atoms with E-state index in [4.69, 9.17) is 0 Å². The van der Waals surface area contributed by atoms with Gasteiger partial charge in [-0.05, 0) is 24.5 Å². The molecule has 2 heterocycles. The van der Waals surface area contributed by atoms with Crippen LogP contribution in [0.3, 0.4) is 0 Å². The van der Waals surface area contributed by atoms with Crippen LogP contribution in [0.15, 0.2) is 29.4 Å². The molecule has 0 aliphatic carbocycles. The highest BCUT2D eigenvalue weighted by atomic mass is 16.2. The highest BCUT2D eigenvalue weighted by Gasteiger charge is 2.21. The number of hydrogen-bond donors (Lipinski definition) is 2. The molecule has 1 aromatic heterocycles. The van der Waals surface area contributed by atoms with Gasteiger partial charge in [-0.3, -0.25) is 9.79 Å². The fourth-order valence-electron chi connectivity index (χ4n) is 3.58. The van der Waals surface area contributed by atoms with E-state index in [1.165, 1.54) is 25.7 Å². The van der Waals surface area contributed by atoms with Crippen LogP contribution in [0, 0.1) is 5.92 Å². The molecule has 1 aliphatic heterocycles. The minimum Gasteiger partial charge on any atom is -0.356 e. The van der Waals surface area contributed by atoms with Gasteiger partial charge >= 0.3 is 0 Å². The summed E-state index contributed by atoms with van der Waals surface area (Å²) in [7, 11) is 1.78. The van der Waals surface area contributed by atoms with Crippen LogP contribution in [0.4, 0.5) is 5.82 Å². The molecule has 0 radical (unpaired) electrons. The van der Waals surface area contributed by atoms with Crippen molar-refractivity contribution in [3.05, 3.63) is 24.4 Å². The Bertz CT molecular complexity index is 613. The van der Waals surface area contributed by atoms with E-state index in [2.05, 4.69) is 39.4 Å². The van der Waals surface area contributed by atoms with Crippen molar-refractivity contribution < 1.29 is 4.79 Å². The zero-order valence-corrected chi connectivity index (χ0v) is 18.4. The smallest absolute Gasteiger partial charge is 0.224 e. The second kappa shape index (κ2) is 13.0. The highest BCUT2D eigenvalue weighted by Crippen LogP contribution is 2.13. The van der Waals surface area contributed by atoms with E-state index in [-0.39, 0.29) is 5.91 Å². The topological polar surface area (TPSA) is 72.9 Å². The predicted molar refractivity (Wildman–Crippen MR) is 120 cm³/mol. The molecule has 1 amide bonds. The number of piperazine rings is 1. The molecule has 7 nitrogen and oxygen atoms in total. The number of pyridine rings is 1. The first-order valence-electron chi connectivity index (χ1n) is 11.1. The number of amides is 1. The SMILES string of the molecule is CCCCC(CC)CNC(=NC)NCCC(=O)N1CCN(c2ccccn2)CC1. The third-order valence-electron chi connectivity index (χ3n) is 5.56. The van der Waals surface area contributed by atoms with Gasteiger partial charge < -0.3 is 20.4 Å². The first kappa shape index (κ1) is 23.0. The van der Waals surface area contributed by atoms with Gasteiger partial charge in [0, 0.05) is 58.9 Å². The van der Waals surface area contributed by atoms with Crippen LogP contribution in [0.1, 0.15) is 46.0 Å². The lowest BCUT2D eigenvalue weighted by Gasteiger charge is -2.35. The fraction of sp³-hybridized carbons (Fsp3) is 0.682. The Morgan fingerprint density at radius 2 is 2.00 bits per heavy atom. The number of nitrogens with zero attached hydrogens (tertiary/aromatic N) is 4. The van der Waals surface area contributed by atoms with Crippen molar-refractivity contribution in [2.75, 3.05) is 51.2 Å². The van der Waals surface area contributed by atoms with Crippen LogP contribution in [-0.2, 0) is 4.79 Å². The number of nitrogens with one attached hydrogen (secondary N) is 2. The molecule has 1 aromatic rings. The third kappa shape index (κ3) is 7.91. The molecule has 7 heteroatoms. The van der Waals surface area contributed by atoms with Crippen LogP contribution in [-0.4, -0.2) is 68.1 Å². The third-order valence-corrected chi connectivity index (χ3v) is 5.56. The Hall–Kier alpha value is -2.31. The van der Waals surface area contributed by atoms with E-state index < -0.39 is 0 Å². The lowest BCUT2D eigenvalue weighted by atomic mass is 9.99. The molecule has 1 fully saturated rings. The molecule has 1 unspecified atom stereocenters. The van der Waals surface area contributed by atoms with Crippen molar-refractivity contribution in [1.82, 2.24) is 20.5 Å². The summed E-state index contributed by atoms with van der Waals surface area (Å²) in [5.74, 6) is 2.64. The summed E-state index contributed by atoms with van der Waals surface area (Å²) in [6, 6.07) is 5.94. The van der Waals surface area contributed by atoms with E-state index >= 15 is 0 Å². The van der Waals surface area contributed by atoms with Crippen LogP contribution in [0.5, 0.6) is 0 Å². The van der Waals surface area contributed by atoms with Gasteiger partial charge in [0.2, 0.25) is 5.91 Å². The number of guanidine groups is 1. The molecule has 162 valence electrons. The zero-order valence-electron chi connectivity index (χ0n) is 18.4. The van der Waals surface area contributed by atoms with Gasteiger partial charge in [-0.25, -0.2) is 4.98 Å². The Morgan fingerprint density at radius 3 is 2.62 bits per heavy atom. The Kier molecular flexibility index (Phi) is 10.3. The maximum absolute atomic E-state index is 12.5. The Balaban J connectivity index is 1.65. The second-order valence-electron chi connectivity index (χ2n) is 7.60. The highest BCUT2D eigenvalue weighted by molar-refractivity contribution is 5.81. The van der Waals surface area contributed by atoms with Gasteiger partial charge in [0.05, 0.1) is 0 Å². The van der Waals surface area contributed by atoms with Crippen LogP contribution >= 0.6 is 0 Å². The van der Waals surface area contributed by atoms with Crippen molar-refractivity contribution in [1.29, 1.82) is 0 Å². The molecule has 1 aliphatic rings. The summed E-state index contributed by atoms with van der Waals surface area (Å²) < 4.78 is 0. The number of unbranched alkanes of at least 4 members (excludes halogenated alkanes) is 1. The summed E-state index contributed by atoms with van der Waals surface area (Å²) in [5, 5.41) is 6.69. The van der Waals surface area contributed by atoms with Gasteiger partial charge in [0.25, 0.3) is 0 Å². The monoisotopic (exact) mass is 402 g/mol. The van der Waals surface area contributed by atoms with Crippen molar-refractivity contribution in [3.63, 3.8) is 0 Å². The maximum atomic E-state index is 12.5. The number of rotatable bonds is 10. The average Bonchev–Trinajstić information content (AvgIpc) is 2.78. The summed E-state index contributed by atoms with van der Waals surface area (Å²) in [4.78, 5) is 25.4. The molecule has 1 atom stereocenters. The molecule has 29 heavy (non-hydrogen) atoms. The summed E-state index contributed by atoms with van der Waals surface area (Å²) in [6.45, 7) is 9.16.